The number of nitrogens with one attached hydrogen (secondary N) is 1. The van der Waals surface area contributed by atoms with Crippen molar-refractivity contribution < 1.29 is 14.3 Å². The van der Waals surface area contributed by atoms with E-state index in [4.69, 9.17) is 15.2 Å². The Morgan fingerprint density at radius 1 is 1.50 bits per heavy atom. The normalized spacial score (nSPS) is 14.9. The number of carbonyl (C=O) groups is 1. The Balaban J connectivity index is 1.89. The number of anilines is 2. The van der Waals surface area contributed by atoms with Crippen molar-refractivity contribution in [2.45, 2.75) is 25.4 Å². The van der Waals surface area contributed by atoms with Crippen LogP contribution in [-0.4, -0.2) is 25.7 Å². The van der Waals surface area contributed by atoms with Crippen LogP contribution in [0.1, 0.15) is 19.3 Å². The number of amides is 1. The van der Waals surface area contributed by atoms with E-state index < -0.39 is 0 Å². The van der Waals surface area contributed by atoms with Gasteiger partial charge >= 0.3 is 0 Å². The van der Waals surface area contributed by atoms with Gasteiger partial charge < -0.3 is 20.5 Å². The van der Waals surface area contributed by atoms with Crippen LogP contribution in [0.4, 0.5) is 11.4 Å². The molecule has 0 saturated heterocycles. The summed E-state index contributed by atoms with van der Waals surface area (Å²) in [7, 11) is 1.54. The lowest BCUT2D eigenvalue weighted by atomic mass is 9.96. The molecule has 5 heteroatoms. The van der Waals surface area contributed by atoms with Crippen LogP contribution >= 0.6 is 0 Å². The highest BCUT2D eigenvalue weighted by Gasteiger charge is 2.19. The maximum absolute atomic E-state index is 11.7. The SMILES string of the molecule is COc1cc(N)ccc1NC(=O)COC1CCC1. The van der Waals surface area contributed by atoms with Crippen molar-refractivity contribution in [1.29, 1.82) is 0 Å². The quantitative estimate of drug-likeness (QED) is 0.781. The molecule has 0 heterocycles. The van der Waals surface area contributed by atoms with E-state index >= 15 is 0 Å². The van der Waals surface area contributed by atoms with Crippen molar-refractivity contribution in [2.24, 2.45) is 0 Å². The number of benzene rings is 1. The summed E-state index contributed by atoms with van der Waals surface area (Å²) in [6.07, 6.45) is 3.55. The Labute approximate surface area is 106 Å². The van der Waals surface area contributed by atoms with Crippen LogP contribution in [0.5, 0.6) is 5.75 Å². The zero-order valence-corrected chi connectivity index (χ0v) is 10.4. The van der Waals surface area contributed by atoms with Gasteiger partial charge in [0, 0.05) is 11.8 Å². The Hall–Kier alpha value is -1.75. The number of nitrogens with two attached hydrogens (primary N) is 1. The van der Waals surface area contributed by atoms with E-state index in [-0.39, 0.29) is 18.6 Å². The zero-order valence-electron chi connectivity index (χ0n) is 10.4. The molecule has 98 valence electrons. The summed E-state index contributed by atoms with van der Waals surface area (Å²) in [5.41, 5.74) is 6.84. The van der Waals surface area contributed by atoms with Crippen molar-refractivity contribution in [3.63, 3.8) is 0 Å². The highest BCUT2D eigenvalue weighted by atomic mass is 16.5. The largest absolute Gasteiger partial charge is 0.494 e. The molecule has 0 radical (unpaired) electrons. The molecule has 5 nitrogen and oxygen atoms in total. The number of hydrogen-bond donors (Lipinski definition) is 2. The third-order valence-corrected chi connectivity index (χ3v) is 3.00. The summed E-state index contributed by atoms with van der Waals surface area (Å²) in [5.74, 6) is 0.372. The smallest absolute Gasteiger partial charge is 0.250 e. The van der Waals surface area contributed by atoms with Crippen LogP contribution in [-0.2, 0) is 9.53 Å². The molecule has 0 unspecified atom stereocenters. The lowest BCUT2D eigenvalue weighted by Crippen LogP contribution is -2.27. The molecule has 2 rings (SSSR count). The molecule has 1 aliphatic rings. The second kappa shape index (κ2) is 5.73. The van der Waals surface area contributed by atoms with E-state index in [0.717, 1.165) is 12.8 Å². The average Bonchev–Trinajstić information content (AvgIpc) is 2.29. The van der Waals surface area contributed by atoms with Crippen LogP contribution < -0.4 is 15.8 Å². The first kappa shape index (κ1) is 12.7. The molecule has 3 N–H and O–H groups in total. The number of carbonyl (C=O) groups excluding carboxylic acids is 1. The number of ether oxygens (including phenoxy) is 2. The van der Waals surface area contributed by atoms with Crippen LogP contribution in [0.15, 0.2) is 18.2 Å². The number of nitrogen functional groups attached to an aromatic ring is 1. The van der Waals surface area contributed by atoms with Gasteiger partial charge in [-0.3, -0.25) is 4.79 Å². The summed E-state index contributed by atoms with van der Waals surface area (Å²) in [6, 6.07) is 5.10. The lowest BCUT2D eigenvalue weighted by molar-refractivity contribution is -0.124. The van der Waals surface area contributed by atoms with Crippen molar-refractivity contribution in [1.82, 2.24) is 0 Å². The first-order valence-corrected chi connectivity index (χ1v) is 6.04. The second-order valence-electron chi connectivity index (χ2n) is 4.37. The molecule has 1 aromatic rings. The maximum atomic E-state index is 11.7. The van der Waals surface area contributed by atoms with Gasteiger partial charge in [0.05, 0.1) is 18.9 Å². The Morgan fingerprint density at radius 2 is 2.28 bits per heavy atom. The minimum atomic E-state index is -0.176. The predicted octanol–water partition coefficient (Wildman–Crippen LogP) is 1.78. The zero-order chi connectivity index (χ0) is 13.0. The van der Waals surface area contributed by atoms with Gasteiger partial charge in [-0.25, -0.2) is 0 Å². The summed E-state index contributed by atoms with van der Waals surface area (Å²) in [6.45, 7) is 0.0815. The number of hydrogen-bond acceptors (Lipinski definition) is 4. The fourth-order valence-corrected chi connectivity index (χ4v) is 1.73. The van der Waals surface area contributed by atoms with Gasteiger partial charge in [-0.15, -0.1) is 0 Å². The molecule has 1 amide bonds. The topological polar surface area (TPSA) is 73.6 Å². The first-order chi connectivity index (χ1) is 8.69. The van der Waals surface area contributed by atoms with E-state index in [1.54, 1.807) is 18.2 Å². The summed E-state index contributed by atoms with van der Waals surface area (Å²) in [4.78, 5) is 11.7. The predicted molar refractivity (Wildman–Crippen MR) is 69.6 cm³/mol. The molecular weight excluding hydrogens is 232 g/mol. The molecule has 18 heavy (non-hydrogen) atoms. The fourth-order valence-electron chi connectivity index (χ4n) is 1.73. The van der Waals surface area contributed by atoms with E-state index in [1.807, 2.05) is 0 Å². The lowest BCUT2D eigenvalue weighted by Gasteiger charge is -2.25. The fraction of sp³-hybridized carbons (Fsp3) is 0.462. The summed E-state index contributed by atoms with van der Waals surface area (Å²) >= 11 is 0. The molecule has 1 aliphatic carbocycles. The second-order valence-corrected chi connectivity index (χ2v) is 4.37. The van der Waals surface area contributed by atoms with Crippen LogP contribution in [0.3, 0.4) is 0 Å². The minimum Gasteiger partial charge on any atom is -0.494 e. The molecule has 1 fully saturated rings. The summed E-state index contributed by atoms with van der Waals surface area (Å²) < 4.78 is 10.6. The van der Waals surface area contributed by atoms with E-state index in [9.17, 15) is 4.79 Å². The van der Waals surface area contributed by atoms with Gasteiger partial charge in [-0.05, 0) is 31.4 Å². The molecule has 0 atom stereocenters. The van der Waals surface area contributed by atoms with Crippen molar-refractivity contribution in [3.8, 4) is 5.75 Å². The average molecular weight is 250 g/mol. The summed E-state index contributed by atoms with van der Waals surface area (Å²) in [5, 5.41) is 2.75. The standard InChI is InChI=1S/C13H18N2O3/c1-17-12-7-9(14)5-6-11(12)15-13(16)8-18-10-3-2-4-10/h5-7,10H,2-4,8,14H2,1H3,(H,15,16). The Bertz CT molecular complexity index is 430. The molecule has 1 saturated carbocycles. The maximum Gasteiger partial charge on any atom is 0.250 e. The third kappa shape index (κ3) is 3.13. The molecule has 0 aromatic heterocycles. The molecule has 1 aromatic carbocycles. The van der Waals surface area contributed by atoms with Crippen LogP contribution in [0.2, 0.25) is 0 Å². The number of rotatable bonds is 5. The van der Waals surface area contributed by atoms with Gasteiger partial charge in [0.25, 0.3) is 0 Å². The third-order valence-electron chi connectivity index (χ3n) is 3.00. The minimum absolute atomic E-state index is 0.0815. The monoisotopic (exact) mass is 250 g/mol. The van der Waals surface area contributed by atoms with Gasteiger partial charge in [0.1, 0.15) is 12.4 Å². The van der Waals surface area contributed by atoms with Gasteiger partial charge in [0.15, 0.2) is 0 Å². The molecular formula is C13H18N2O3. The van der Waals surface area contributed by atoms with Gasteiger partial charge in [0.2, 0.25) is 5.91 Å². The molecule has 0 aliphatic heterocycles. The van der Waals surface area contributed by atoms with E-state index in [2.05, 4.69) is 5.32 Å². The highest BCUT2D eigenvalue weighted by molar-refractivity contribution is 5.93. The molecule has 0 bridgehead atoms. The van der Waals surface area contributed by atoms with Crippen molar-refractivity contribution in [3.05, 3.63) is 18.2 Å². The Morgan fingerprint density at radius 3 is 2.89 bits per heavy atom. The Kier molecular flexibility index (Phi) is 4.04. The first-order valence-electron chi connectivity index (χ1n) is 6.04. The molecule has 0 spiro atoms. The van der Waals surface area contributed by atoms with E-state index in [0.29, 0.717) is 17.1 Å². The van der Waals surface area contributed by atoms with E-state index in [1.165, 1.54) is 13.5 Å². The number of methoxy groups -OCH3 is 1. The highest BCUT2D eigenvalue weighted by Crippen LogP contribution is 2.26. The van der Waals surface area contributed by atoms with Gasteiger partial charge in [-0.1, -0.05) is 0 Å². The van der Waals surface area contributed by atoms with Crippen molar-refractivity contribution >= 4 is 17.3 Å². The van der Waals surface area contributed by atoms with Crippen LogP contribution in [0.25, 0.3) is 0 Å². The van der Waals surface area contributed by atoms with Gasteiger partial charge in [-0.2, -0.15) is 0 Å². The van der Waals surface area contributed by atoms with Crippen LogP contribution in [0, 0.1) is 0 Å². The van der Waals surface area contributed by atoms with Crippen molar-refractivity contribution in [2.75, 3.05) is 24.8 Å².